The second-order valence-electron chi connectivity index (χ2n) is 7.52. The Balaban J connectivity index is 2.03. The SMILES string of the molecule is CN(C)C1CCCc2c1cn(S(=O)(=O)c1cccc(Cl)c1)c2-c1ccccc1F. The van der Waals surface area contributed by atoms with E-state index in [4.69, 9.17) is 11.6 Å². The van der Waals surface area contributed by atoms with Gasteiger partial charge in [-0.25, -0.2) is 16.8 Å². The molecule has 0 fully saturated rings. The van der Waals surface area contributed by atoms with Crippen molar-refractivity contribution in [3.8, 4) is 11.3 Å². The summed E-state index contributed by atoms with van der Waals surface area (Å²) in [5.74, 6) is -0.442. The van der Waals surface area contributed by atoms with Crippen LogP contribution in [-0.4, -0.2) is 31.4 Å². The molecule has 0 spiro atoms. The van der Waals surface area contributed by atoms with Gasteiger partial charge in [0, 0.05) is 22.8 Å². The van der Waals surface area contributed by atoms with E-state index in [2.05, 4.69) is 4.90 Å². The maximum absolute atomic E-state index is 14.8. The van der Waals surface area contributed by atoms with Crippen molar-refractivity contribution in [1.82, 2.24) is 8.87 Å². The average molecular weight is 433 g/mol. The zero-order valence-electron chi connectivity index (χ0n) is 16.3. The lowest BCUT2D eigenvalue weighted by molar-refractivity contribution is 0.269. The van der Waals surface area contributed by atoms with E-state index in [1.54, 1.807) is 36.5 Å². The maximum Gasteiger partial charge on any atom is 0.268 e. The molecule has 152 valence electrons. The van der Waals surface area contributed by atoms with Gasteiger partial charge in [0.1, 0.15) is 5.82 Å². The fourth-order valence-electron chi connectivity index (χ4n) is 4.12. The van der Waals surface area contributed by atoms with Crippen LogP contribution in [0.2, 0.25) is 5.02 Å². The number of hydrogen-bond acceptors (Lipinski definition) is 3. The van der Waals surface area contributed by atoms with Gasteiger partial charge in [-0.2, -0.15) is 0 Å². The lowest BCUT2D eigenvalue weighted by atomic mass is 9.87. The summed E-state index contributed by atoms with van der Waals surface area (Å²) in [5, 5.41) is 0.335. The Kier molecular flexibility index (Phi) is 5.27. The summed E-state index contributed by atoms with van der Waals surface area (Å²) < 4.78 is 43.1. The normalized spacial score (nSPS) is 16.8. The van der Waals surface area contributed by atoms with Crippen molar-refractivity contribution in [1.29, 1.82) is 0 Å². The molecule has 29 heavy (non-hydrogen) atoms. The van der Waals surface area contributed by atoms with Gasteiger partial charge in [0.05, 0.1) is 10.6 Å². The van der Waals surface area contributed by atoms with Crippen LogP contribution < -0.4 is 0 Å². The number of rotatable bonds is 4. The lowest BCUT2D eigenvalue weighted by Crippen LogP contribution is -2.23. The lowest BCUT2D eigenvalue weighted by Gasteiger charge is -2.28. The number of halogens is 2. The quantitative estimate of drug-likeness (QED) is 0.574. The van der Waals surface area contributed by atoms with Gasteiger partial charge in [0.15, 0.2) is 0 Å². The first-order valence-corrected chi connectivity index (χ1v) is 11.3. The highest BCUT2D eigenvalue weighted by molar-refractivity contribution is 7.90. The smallest absolute Gasteiger partial charge is 0.268 e. The molecule has 2 aromatic carbocycles. The minimum absolute atomic E-state index is 0.0799. The third-order valence-corrected chi connectivity index (χ3v) is 7.37. The molecule has 0 bridgehead atoms. The maximum atomic E-state index is 14.8. The summed E-state index contributed by atoms with van der Waals surface area (Å²) in [5.41, 5.74) is 2.53. The van der Waals surface area contributed by atoms with Crippen LogP contribution in [0.15, 0.2) is 59.6 Å². The van der Waals surface area contributed by atoms with E-state index in [9.17, 15) is 12.8 Å². The van der Waals surface area contributed by atoms with Gasteiger partial charge >= 0.3 is 0 Å². The van der Waals surface area contributed by atoms with Crippen molar-refractivity contribution in [3.05, 3.63) is 76.7 Å². The van der Waals surface area contributed by atoms with Crippen molar-refractivity contribution in [2.45, 2.75) is 30.2 Å². The standard InChI is InChI=1S/C22H22ClFN2O2S/c1-25(2)21-12-6-10-17-19(21)14-26(22(17)18-9-3-4-11-20(18)24)29(27,28)16-8-5-7-15(23)13-16/h3-5,7-9,11,13-14,21H,6,10,12H2,1-2H3. The van der Waals surface area contributed by atoms with E-state index < -0.39 is 15.8 Å². The first-order valence-electron chi connectivity index (χ1n) is 9.47. The van der Waals surface area contributed by atoms with Crippen LogP contribution in [0.1, 0.15) is 30.0 Å². The highest BCUT2D eigenvalue weighted by atomic mass is 35.5. The number of hydrogen-bond donors (Lipinski definition) is 0. The van der Waals surface area contributed by atoms with Gasteiger partial charge in [-0.15, -0.1) is 0 Å². The number of nitrogens with zero attached hydrogens (tertiary/aromatic N) is 2. The molecule has 1 atom stereocenters. The summed E-state index contributed by atoms with van der Waals surface area (Å²) in [6.45, 7) is 0. The molecule has 7 heteroatoms. The molecule has 1 aliphatic rings. The van der Waals surface area contributed by atoms with Crippen LogP contribution in [0, 0.1) is 5.82 Å². The van der Waals surface area contributed by atoms with E-state index in [0.29, 0.717) is 22.7 Å². The Morgan fingerprint density at radius 2 is 1.90 bits per heavy atom. The summed E-state index contributed by atoms with van der Waals surface area (Å²) >= 11 is 6.05. The molecular weight excluding hydrogens is 411 g/mol. The molecular formula is C22H22ClFN2O2S. The molecule has 4 nitrogen and oxygen atoms in total. The van der Waals surface area contributed by atoms with Crippen molar-refractivity contribution in [2.75, 3.05) is 14.1 Å². The third kappa shape index (κ3) is 3.50. The molecule has 1 unspecified atom stereocenters. The molecule has 1 aromatic heterocycles. The number of aromatic nitrogens is 1. The van der Waals surface area contributed by atoms with Crippen LogP contribution >= 0.6 is 11.6 Å². The van der Waals surface area contributed by atoms with E-state index in [1.807, 2.05) is 14.1 Å². The van der Waals surface area contributed by atoms with Gasteiger partial charge in [-0.05, 0) is 74.8 Å². The Hall–Kier alpha value is -2.15. The second kappa shape index (κ2) is 7.59. The van der Waals surface area contributed by atoms with Gasteiger partial charge in [-0.3, -0.25) is 0 Å². The predicted octanol–water partition coefficient (Wildman–Crippen LogP) is 5.12. The molecule has 1 aliphatic carbocycles. The third-order valence-electron chi connectivity index (χ3n) is 5.48. The first kappa shape index (κ1) is 20.1. The van der Waals surface area contributed by atoms with Crippen LogP contribution in [0.25, 0.3) is 11.3 Å². The van der Waals surface area contributed by atoms with Crippen LogP contribution in [0.3, 0.4) is 0 Å². The molecule has 0 N–H and O–H groups in total. The monoisotopic (exact) mass is 432 g/mol. The molecule has 4 rings (SSSR count). The van der Waals surface area contributed by atoms with Gasteiger partial charge in [-0.1, -0.05) is 29.8 Å². The van der Waals surface area contributed by atoms with E-state index in [-0.39, 0.29) is 10.9 Å². The zero-order chi connectivity index (χ0) is 20.8. The highest BCUT2D eigenvalue weighted by Crippen LogP contribution is 2.42. The summed E-state index contributed by atoms with van der Waals surface area (Å²) in [6.07, 6.45) is 4.22. The largest absolute Gasteiger partial charge is 0.302 e. The van der Waals surface area contributed by atoms with E-state index >= 15 is 0 Å². The van der Waals surface area contributed by atoms with Crippen molar-refractivity contribution in [3.63, 3.8) is 0 Å². The molecule has 3 aromatic rings. The predicted molar refractivity (Wildman–Crippen MR) is 113 cm³/mol. The van der Waals surface area contributed by atoms with Gasteiger partial charge < -0.3 is 4.90 Å². The van der Waals surface area contributed by atoms with Crippen molar-refractivity contribution >= 4 is 21.6 Å². The number of fused-ring (bicyclic) bond motifs is 1. The molecule has 0 radical (unpaired) electrons. The average Bonchev–Trinajstić information content (AvgIpc) is 3.08. The van der Waals surface area contributed by atoms with Crippen LogP contribution in [-0.2, 0) is 16.4 Å². The fraction of sp³-hybridized carbons (Fsp3) is 0.273. The molecule has 0 saturated heterocycles. The van der Waals surface area contributed by atoms with Crippen molar-refractivity contribution < 1.29 is 12.8 Å². The fourth-order valence-corrected chi connectivity index (χ4v) is 5.83. The Labute approximate surface area is 175 Å². The highest BCUT2D eigenvalue weighted by Gasteiger charge is 2.32. The molecule has 0 saturated carbocycles. The first-order chi connectivity index (χ1) is 13.8. The van der Waals surface area contributed by atoms with Crippen LogP contribution in [0.4, 0.5) is 4.39 Å². The Morgan fingerprint density at radius 1 is 1.14 bits per heavy atom. The van der Waals surface area contributed by atoms with E-state index in [0.717, 1.165) is 24.0 Å². The Morgan fingerprint density at radius 3 is 2.59 bits per heavy atom. The molecule has 0 amide bonds. The van der Waals surface area contributed by atoms with Crippen molar-refractivity contribution in [2.24, 2.45) is 0 Å². The number of benzene rings is 2. The second-order valence-corrected chi connectivity index (χ2v) is 9.77. The van der Waals surface area contributed by atoms with Crippen LogP contribution in [0.5, 0.6) is 0 Å². The Bertz CT molecular complexity index is 1170. The van der Waals surface area contributed by atoms with Gasteiger partial charge in [0.25, 0.3) is 10.0 Å². The summed E-state index contributed by atoms with van der Waals surface area (Å²) in [6, 6.07) is 12.6. The minimum atomic E-state index is -3.95. The summed E-state index contributed by atoms with van der Waals surface area (Å²) in [7, 11) is 0.00186. The zero-order valence-corrected chi connectivity index (χ0v) is 17.8. The minimum Gasteiger partial charge on any atom is -0.302 e. The van der Waals surface area contributed by atoms with E-state index in [1.165, 1.54) is 22.2 Å². The topological polar surface area (TPSA) is 42.3 Å². The molecule has 0 aliphatic heterocycles. The van der Waals surface area contributed by atoms with Gasteiger partial charge in [0.2, 0.25) is 0 Å². The summed E-state index contributed by atoms with van der Waals surface area (Å²) in [4.78, 5) is 2.16. The molecule has 1 heterocycles.